The highest BCUT2D eigenvalue weighted by molar-refractivity contribution is 5.92. The Morgan fingerprint density at radius 3 is 2.58 bits per heavy atom. The van der Waals surface area contributed by atoms with Gasteiger partial charge < -0.3 is 55.9 Å². The van der Waals surface area contributed by atoms with Crippen LogP contribution >= 0.6 is 0 Å². The zero-order valence-electron chi connectivity index (χ0n) is 37.9. The molecule has 5 aromatic rings. The molecule has 1 spiro atoms. The second-order valence-corrected chi connectivity index (χ2v) is 18.7. The number of methoxy groups -OCH3 is 1. The predicted octanol–water partition coefficient (Wildman–Crippen LogP) is 8.91. The third-order valence-corrected chi connectivity index (χ3v) is 14.0. The van der Waals surface area contributed by atoms with Crippen molar-refractivity contribution < 1.29 is 39.8 Å². The first kappa shape index (κ1) is 45.5. The van der Waals surface area contributed by atoms with Crippen LogP contribution in [0.4, 0.5) is 5.69 Å². The topological polar surface area (TPSA) is 189 Å². The van der Waals surface area contributed by atoms with Crippen LogP contribution in [-0.2, 0) is 17.6 Å². The Kier molecular flexibility index (Phi) is 13.7. The van der Waals surface area contributed by atoms with E-state index in [1.54, 1.807) is 36.4 Å². The molecule has 8 rings (SSSR count). The van der Waals surface area contributed by atoms with Crippen LogP contribution in [0.2, 0.25) is 0 Å². The van der Waals surface area contributed by atoms with E-state index in [1.807, 2.05) is 51.4 Å². The van der Waals surface area contributed by atoms with Crippen LogP contribution in [0.5, 0.6) is 34.5 Å². The minimum absolute atomic E-state index is 0.00125. The smallest absolute Gasteiger partial charge is 0.200 e. The maximum atomic E-state index is 16.1. The van der Waals surface area contributed by atoms with Gasteiger partial charge in [0.2, 0.25) is 5.75 Å². The lowest BCUT2D eigenvalue weighted by Gasteiger charge is -2.46. The summed E-state index contributed by atoms with van der Waals surface area (Å²) in [6.45, 7) is 5.37. The van der Waals surface area contributed by atoms with E-state index < -0.39 is 23.4 Å². The summed E-state index contributed by atoms with van der Waals surface area (Å²) in [6.07, 6.45) is 9.54. The van der Waals surface area contributed by atoms with Crippen molar-refractivity contribution in [3.8, 4) is 34.5 Å². The Balaban J connectivity index is 1.33. The van der Waals surface area contributed by atoms with Crippen LogP contribution in [0.15, 0.2) is 103 Å². The number of Topliss-reactive ketones (excluding diaryl/α,β-unsaturated/α-hetero) is 1. The van der Waals surface area contributed by atoms with Gasteiger partial charge in [0.05, 0.1) is 25.7 Å². The van der Waals surface area contributed by atoms with Crippen molar-refractivity contribution in [3.05, 3.63) is 125 Å². The van der Waals surface area contributed by atoms with Gasteiger partial charge in [-0.1, -0.05) is 44.5 Å². The molecule has 1 fully saturated rings. The lowest BCUT2D eigenvalue weighted by atomic mass is 9.58. The Hall–Kier alpha value is -6.11. The number of allylic oxidation sites excluding steroid dienone is 2. The number of ketones is 1. The number of hydrogen-bond donors (Lipinski definition) is 9. The normalized spacial score (nSPS) is 22.8. The number of aromatic nitrogens is 1. The number of likely N-dealkylation sites (N-methyl/N-ethyl adjacent to an activating group) is 1. The quantitative estimate of drug-likeness (QED) is 0.0514. The van der Waals surface area contributed by atoms with Gasteiger partial charge in [-0.05, 0) is 163 Å². The molecule has 12 nitrogen and oxygen atoms in total. The van der Waals surface area contributed by atoms with Gasteiger partial charge in [0.15, 0.2) is 23.0 Å². The van der Waals surface area contributed by atoms with Gasteiger partial charge in [-0.25, -0.2) is 0 Å². The summed E-state index contributed by atoms with van der Waals surface area (Å²) >= 11 is 0. The van der Waals surface area contributed by atoms with Gasteiger partial charge >= 0.3 is 0 Å². The van der Waals surface area contributed by atoms with E-state index in [9.17, 15) is 25.5 Å². The average molecular weight is 885 g/mol. The lowest BCUT2D eigenvalue weighted by molar-refractivity contribution is -0.134. The monoisotopic (exact) mass is 884 g/mol. The number of ether oxygens (including phenoxy) is 2. The molecule has 0 amide bonds. The summed E-state index contributed by atoms with van der Waals surface area (Å²) in [5.74, 6) is -0.690. The van der Waals surface area contributed by atoms with Crippen molar-refractivity contribution in [2.75, 3.05) is 39.2 Å². The molecule has 65 heavy (non-hydrogen) atoms. The van der Waals surface area contributed by atoms with Crippen molar-refractivity contribution in [1.29, 1.82) is 0 Å². The van der Waals surface area contributed by atoms with Crippen molar-refractivity contribution in [1.82, 2.24) is 15.6 Å². The third-order valence-electron chi connectivity index (χ3n) is 14.0. The average Bonchev–Trinajstić information content (AvgIpc) is 3.97. The van der Waals surface area contributed by atoms with Crippen molar-refractivity contribution in [2.45, 2.75) is 83.2 Å². The van der Waals surface area contributed by atoms with Crippen LogP contribution < -0.4 is 25.4 Å². The number of anilines is 1. The number of aliphatic hydroxyl groups is 1. The lowest BCUT2D eigenvalue weighted by Crippen LogP contribution is -2.48. The Morgan fingerprint density at radius 1 is 0.969 bits per heavy atom. The molecule has 9 N–H and O–H groups in total. The standard InChI is InChI=1S/C53H64N4O8/c1-31(2)30-65-48-26-35(25-46(62)52(48)63)34-22-36(29-54-3)50-41-13-12-40(58)23-33(41)11-14-42(50)57-49-28-38(17-20-56-49)53(18-5-7-37(53)27-39-8-6-19-55-39)51(45(61)24-34)44(60)16-10-32-9-15-43(59)47(21-32)64-4/h6,8-9,11-15,17,19,21,23,25-26,28,31,34,36-37,44,51,54-60,62-63H,5,7,10,16,18,20,22,24,27,29-30H2,1-4H3. The highest BCUT2D eigenvalue weighted by Gasteiger charge is 2.55. The van der Waals surface area contributed by atoms with Gasteiger partial charge in [-0.15, -0.1) is 0 Å². The summed E-state index contributed by atoms with van der Waals surface area (Å²) in [6, 6.07) is 22.1. The number of aromatic hydroxyl groups is 4. The molecule has 1 aromatic heterocycles. The number of H-pyrrole nitrogens is 1. The van der Waals surface area contributed by atoms with Crippen LogP contribution in [-0.4, -0.2) is 76.3 Å². The Morgan fingerprint density at radius 2 is 1.82 bits per heavy atom. The number of carbonyl (C=O) groups excluding carboxylic acids is 1. The SMILES string of the molecule is CNCC1CC(c2cc(O)c(O)c(OCC(C)C)c2)CC(=O)C(C(O)CCc2ccc(O)c(OC)c2)C2(CCCC2Cc2ccc[nH]2)C2=CCNC(=C2)Nc2ccc3cc(O)ccc3c21. The Bertz CT molecular complexity index is 2550. The minimum Gasteiger partial charge on any atom is -0.508 e. The minimum atomic E-state index is -1.06. The molecule has 1 aliphatic carbocycles. The van der Waals surface area contributed by atoms with E-state index in [1.165, 1.54) is 7.11 Å². The van der Waals surface area contributed by atoms with Crippen molar-refractivity contribution in [2.24, 2.45) is 23.2 Å². The molecule has 6 atom stereocenters. The molecule has 3 heterocycles. The van der Waals surface area contributed by atoms with Crippen LogP contribution in [0.3, 0.4) is 0 Å². The maximum absolute atomic E-state index is 16.1. The molecule has 6 unspecified atom stereocenters. The van der Waals surface area contributed by atoms with Crippen LogP contribution in [0, 0.1) is 23.2 Å². The summed E-state index contributed by atoms with van der Waals surface area (Å²) in [4.78, 5) is 19.5. The van der Waals surface area contributed by atoms with E-state index in [2.05, 4.69) is 45.2 Å². The molecule has 1 saturated carbocycles. The van der Waals surface area contributed by atoms with Crippen LogP contribution in [0.1, 0.15) is 86.6 Å². The fraction of sp³-hybridized carbons (Fsp3) is 0.415. The summed E-state index contributed by atoms with van der Waals surface area (Å²) in [5, 5.41) is 69.0. The number of aryl methyl sites for hydroxylation is 1. The zero-order valence-corrected chi connectivity index (χ0v) is 37.9. The molecule has 0 saturated heterocycles. The number of phenols is 4. The number of hydrogen-bond acceptors (Lipinski definition) is 11. The number of phenolic OH excluding ortho intramolecular Hbond substituents is 4. The first-order valence-electron chi connectivity index (χ1n) is 23.1. The number of aliphatic hydroxyl groups excluding tert-OH is 1. The van der Waals surface area contributed by atoms with E-state index >= 15 is 4.79 Å². The molecule has 2 aliphatic heterocycles. The summed E-state index contributed by atoms with van der Waals surface area (Å²) in [5.41, 5.74) is 4.72. The van der Waals surface area contributed by atoms with Crippen molar-refractivity contribution >= 4 is 22.2 Å². The van der Waals surface area contributed by atoms with Gasteiger partial charge in [0.1, 0.15) is 17.4 Å². The second-order valence-electron chi connectivity index (χ2n) is 18.7. The number of nitrogens with one attached hydrogen (secondary N) is 4. The fourth-order valence-corrected chi connectivity index (χ4v) is 11.1. The van der Waals surface area contributed by atoms with Gasteiger partial charge in [-0.3, -0.25) is 4.79 Å². The van der Waals surface area contributed by atoms with Crippen molar-refractivity contribution in [3.63, 3.8) is 0 Å². The molecule has 2 bridgehead atoms. The number of aromatic amines is 1. The number of rotatable bonds is 13. The molecule has 344 valence electrons. The van der Waals surface area contributed by atoms with E-state index in [0.717, 1.165) is 57.5 Å². The molecule has 0 radical (unpaired) electrons. The second kappa shape index (κ2) is 19.6. The first-order valence-corrected chi connectivity index (χ1v) is 23.1. The first-order chi connectivity index (χ1) is 31.4. The number of dihydropyridines is 1. The molecular weight excluding hydrogens is 821 g/mol. The largest absolute Gasteiger partial charge is 0.508 e. The van der Waals surface area contributed by atoms with E-state index in [4.69, 9.17) is 9.47 Å². The predicted molar refractivity (Wildman–Crippen MR) is 254 cm³/mol. The molecular formula is C53H64N4O8. The number of fused-ring (bicyclic) bond motifs is 5. The summed E-state index contributed by atoms with van der Waals surface area (Å²) in [7, 11) is 3.41. The van der Waals surface area contributed by atoms with Gasteiger partial charge in [0, 0.05) is 42.5 Å². The molecule has 12 heteroatoms. The maximum Gasteiger partial charge on any atom is 0.200 e. The molecule has 4 aromatic carbocycles. The highest BCUT2D eigenvalue weighted by Crippen LogP contribution is 2.58. The van der Waals surface area contributed by atoms with Gasteiger partial charge in [-0.2, -0.15) is 0 Å². The van der Waals surface area contributed by atoms with Gasteiger partial charge in [0.25, 0.3) is 0 Å². The van der Waals surface area contributed by atoms with Crippen LogP contribution in [0.25, 0.3) is 10.8 Å². The number of benzene rings is 4. The Labute approximate surface area is 381 Å². The van der Waals surface area contributed by atoms with E-state index in [-0.39, 0.29) is 65.1 Å². The zero-order chi connectivity index (χ0) is 45.8. The van der Waals surface area contributed by atoms with E-state index in [0.29, 0.717) is 56.7 Å². The highest BCUT2D eigenvalue weighted by atomic mass is 16.5. The summed E-state index contributed by atoms with van der Waals surface area (Å²) < 4.78 is 11.5. The molecule has 3 aliphatic rings. The fourth-order valence-electron chi connectivity index (χ4n) is 11.1. The number of carbonyl (C=O) groups is 1. The third kappa shape index (κ3) is 9.51.